The fraction of sp³-hybridized carbons (Fsp3) is 0.267. The molecule has 0 aliphatic carbocycles. The zero-order valence-electron chi connectivity index (χ0n) is 11.7. The van der Waals surface area contributed by atoms with E-state index in [0.29, 0.717) is 23.2 Å². The number of benzene rings is 1. The molecule has 1 aromatic heterocycles. The summed E-state index contributed by atoms with van der Waals surface area (Å²) in [6.07, 6.45) is 0.989. The Labute approximate surface area is 133 Å². The summed E-state index contributed by atoms with van der Waals surface area (Å²) in [5.41, 5.74) is 8.48. The highest BCUT2D eigenvalue weighted by molar-refractivity contribution is 7.07. The van der Waals surface area contributed by atoms with Crippen molar-refractivity contribution < 1.29 is 5.21 Å². The molecule has 6 heteroatoms. The number of oxime groups is 1. The molecule has 0 aliphatic heterocycles. The molecule has 2 aromatic rings. The van der Waals surface area contributed by atoms with Gasteiger partial charge in [-0.25, -0.2) is 0 Å². The van der Waals surface area contributed by atoms with Crippen LogP contribution in [-0.2, 0) is 13.0 Å². The molecule has 21 heavy (non-hydrogen) atoms. The Morgan fingerprint density at radius 1 is 1.48 bits per heavy atom. The minimum Gasteiger partial charge on any atom is -0.409 e. The van der Waals surface area contributed by atoms with Crippen molar-refractivity contribution in [2.24, 2.45) is 10.9 Å². The van der Waals surface area contributed by atoms with Gasteiger partial charge in [-0.05, 0) is 47.4 Å². The van der Waals surface area contributed by atoms with Gasteiger partial charge in [0.05, 0.1) is 0 Å². The van der Waals surface area contributed by atoms with Crippen molar-refractivity contribution in [1.29, 1.82) is 0 Å². The number of thiophene rings is 1. The first-order valence-corrected chi connectivity index (χ1v) is 7.93. The van der Waals surface area contributed by atoms with Crippen LogP contribution in [0, 0.1) is 0 Å². The van der Waals surface area contributed by atoms with Crippen molar-refractivity contribution in [3.63, 3.8) is 0 Å². The predicted octanol–water partition coefficient (Wildman–Crippen LogP) is 3.22. The number of nitrogens with two attached hydrogens (primary N) is 1. The van der Waals surface area contributed by atoms with E-state index in [2.05, 4.69) is 34.2 Å². The predicted molar refractivity (Wildman–Crippen MR) is 88.3 cm³/mol. The molecule has 112 valence electrons. The number of nitrogens with zero attached hydrogens (tertiary/aromatic N) is 1. The summed E-state index contributed by atoms with van der Waals surface area (Å²) in [6, 6.07) is 7.89. The van der Waals surface area contributed by atoms with Crippen molar-refractivity contribution in [2.45, 2.75) is 25.9 Å². The smallest absolute Gasteiger partial charge is 0.170 e. The number of nitrogens with one attached hydrogen (secondary N) is 1. The van der Waals surface area contributed by atoms with Crippen molar-refractivity contribution in [3.05, 3.63) is 56.7 Å². The Morgan fingerprint density at radius 2 is 2.29 bits per heavy atom. The van der Waals surface area contributed by atoms with E-state index in [-0.39, 0.29) is 5.84 Å². The lowest BCUT2D eigenvalue weighted by atomic mass is 10.1. The summed E-state index contributed by atoms with van der Waals surface area (Å²) in [4.78, 5) is 0. The molecular weight excluding hydrogens is 306 g/mol. The van der Waals surface area contributed by atoms with Crippen LogP contribution >= 0.6 is 22.9 Å². The zero-order valence-corrected chi connectivity index (χ0v) is 13.3. The van der Waals surface area contributed by atoms with Crippen LogP contribution < -0.4 is 11.1 Å². The van der Waals surface area contributed by atoms with Crippen molar-refractivity contribution in [2.75, 3.05) is 0 Å². The summed E-state index contributed by atoms with van der Waals surface area (Å²) in [7, 11) is 0. The van der Waals surface area contributed by atoms with E-state index in [9.17, 15) is 0 Å². The number of amidine groups is 1. The molecule has 4 nitrogen and oxygen atoms in total. The fourth-order valence-corrected chi connectivity index (χ4v) is 2.96. The lowest BCUT2D eigenvalue weighted by Gasteiger charge is -2.14. The van der Waals surface area contributed by atoms with Crippen LogP contribution in [0.2, 0.25) is 5.02 Å². The van der Waals surface area contributed by atoms with Gasteiger partial charge in [0.25, 0.3) is 0 Å². The molecule has 4 N–H and O–H groups in total. The van der Waals surface area contributed by atoms with Gasteiger partial charge in [-0.3, -0.25) is 0 Å². The monoisotopic (exact) mass is 323 g/mol. The van der Waals surface area contributed by atoms with E-state index in [0.717, 1.165) is 12.0 Å². The van der Waals surface area contributed by atoms with Gasteiger partial charge in [-0.2, -0.15) is 11.3 Å². The van der Waals surface area contributed by atoms with E-state index in [4.69, 9.17) is 22.5 Å². The lowest BCUT2D eigenvalue weighted by Crippen LogP contribution is -2.27. The van der Waals surface area contributed by atoms with E-state index < -0.39 is 0 Å². The molecule has 0 radical (unpaired) electrons. The van der Waals surface area contributed by atoms with Crippen LogP contribution in [0.5, 0.6) is 0 Å². The molecule has 0 amide bonds. The highest BCUT2D eigenvalue weighted by Crippen LogP contribution is 2.18. The number of hydrogen-bond donors (Lipinski definition) is 3. The van der Waals surface area contributed by atoms with Gasteiger partial charge in [-0.15, -0.1) is 0 Å². The summed E-state index contributed by atoms with van der Waals surface area (Å²) in [5.74, 6) is 0.0576. The van der Waals surface area contributed by atoms with Crippen molar-refractivity contribution in [3.8, 4) is 0 Å². The van der Waals surface area contributed by atoms with Crippen LogP contribution in [-0.4, -0.2) is 17.1 Å². The molecule has 1 atom stereocenters. The highest BCUT2D eigenvalue weighted by atomic mass is 35.5. The Morgan fingerprint density at radius 3 is 2.90 bits per heavy atom. The van der Waals surface area contributed by atoms with Crippen LogP contribution in [0.4, 0.5) is 0 Å². The molecule has 0 saturated carbocycles. The van der Waals surface area contributed by atoms with E-state index in [1.54, 1.807) is 23.5 Å². The van der Waals surface area contributed by atoms with Crippen molar-refractivity contribution in [1.82, 2.24) is 5.32 Å². The average Bonchev–Trinajstić information content (AvgIpc) is 2.98. The molecule has 2 rings (SSSR count). The minimum absolute atomic E-state index is 0.0576. The Balaban J connectivity index is 1.94. The molecule has 0 spiro atoms. The highest BCUT2D eigenvalue weighted by Gasteiger charge is 2.08. The van der Waals surface area contributed by atoms with E-state index in [1.807, 2.05) is 6.07 Å². The largest absolute Gasteiger partial charge is 0.409 e. The van der Waals surface area contributed by atoms with Gasteiger partial charge >= 0.3 is 0 Å². The number of halogens is 1. The first kappa shape index (κ1) is 15.8. The third-order valence-corrected chi connectivity index (χ3v) is 4.30. The quantitative estimate of drug-likeness (QED) is 0.331. The third-order valence-electron chi connectivity index (χ3n) is 3.22. The van der Waals surface area contributed by atoms with Crippen LogP contribution in [0.3, 0.4) is 0 Å². The second-order valence-electron chi connectivity index (χ2n) is 4.91. The maximum atomic E-state index is 8.66. The molecule has 0 fully saturated rings. The number of hydrogen-bond acceptors (Lipinski definition) is 4. The normalized spacial score (nSPS) is 13.3. The Kier molecular flexibility index (Phi) is 5.61. The molecule has 1 aromatic carbocycles. The molecule has 0 saturated heterocycles. The van der Waals surface area contributed by atoms with E-state index >= 15 is 0 Å². The van der Waals surface area contributed by atoms with Gasteiger partial charge in [0.1, 0.15) is 0 Å². The maximum absolute atomic E-state index is 8.66. The van der Waals surface area contributed by atoms with Gasteiger partial charge < -0.3 is 16.3 Å². The second kappa shape index (κ2) is 7.45. The lowest BCUT2D eigenvalue weighted by molar-refractivity contribution is 0.318. The SMILES string of the molecule is CC(Cc1ccsc1)NCc1ccc(/C(N)=N/O)cc1Cl. The van der Waals surface area contributed by atoms with Crippen LogP contribution in [0.25, 0.3) is 0 Å². The minimum atomic E-state index is 0.0576. The Bertz CT molecular complexity index is 613. The van der Waals surface area contributed by atoms with Gasteiger partial charge in [0.15, 0.2) is 5.84 Å². The summed E-state index contributed by atoms with van der Waals surface area (Å²) < 4.78 is 0. The zero-order chi connectivity index (χ0) is 15.2. The van der Waals surface area contributed by atoms with Gasteiger partial charge in [0, 0.05) is 23.2 Å². The van der Waals surface area contributed by atoms with Crippen molar-refractivity contribution >= 4 is 28.8 Å². The third kappa shape index (κ3) is 4.46. The molecule has 0 aliphatic rings. The molecular formula is C15H18ClN3OS. The topological polar surface area (TPSA) is 70.6 Å². The first-order valence-electron chi connectivity index (χ1n) is 6.61. The number of rotatable bonds is 6. The summed E-state index contributed by atoms with van der Waals surface area (Å²) in [6.45, 7) is 2.83. The standard InChI is InChI=1S/C15H18ClN3OS/c1-10(6-11-4-5-21-9-11)18-8-13-3-2-12(7-14(13)16)15(17)19-20/h2-5,7,9-10,18,20H,6,8H2,1H3,(H2,17,19). The maximum Gasteiger partial charge on any atom is 0.170 e. The first-order chi connectivity index (χ1) is 10.1. The Hall–Kier alpha value is -1.56. The molecule has 1 heterocycles. The molecule has 0 bridgehead atoms. The average molecular weight is 324 g/mol. The van der Waals surface area contributed by atoms with E-state index in [1.165, 1.54) is 5.56 Å². The second-order valence-corrected chi connectivity index (χ2v) is 6.10. The van der Waals surface area contributed by atoms with Crippen LogP contribution in [0.15, 0.2) is 40.2 Å². The summed E-state index contributed by atoms with van der Waals surface area (Å²) in [5, 5.41) is 19.9. The fourth-order valence-electron chi connectivity index (χ4n) is 2.03. The summed E-state index contributed by atoms with van der Waals surface area (Å²) >= 11 is 7.94. The van der Waals surface area contributed by atoms with Gasteiger partial charge in [-0.1, -0.05) is 28.9 Å². The molecule has 1 unspecified atom stereocenters. The van der Waals surface area contributed by atoms with Gasteiger partial charge in [0.2, 0.25) is 0 Å². The van der Waals surface area contributed by atoms with Crippen LogP contribution in [0.1, 0.15) is 23.6 Å².